The lowest BCUT2D eigenvalue weighted by atomic mass is 9.98. The zero-order valence-corrected chi connectivity index (χ0v) is 14.3. The second-order valence-electron chi connectivity index (χ2n) is 6.06. The molecule has 2 aromatic rings. The number of aryl methyl sites for hydroxylation is 1. The minimum absolute atomic E-state index is 0.0140. The molecule has 0 fully saturated rings. The SMILES string of the molecule is N#Cc1ccc(S(=O)(=O)NCC2CCn3ccnc3C2)cc1C(F)(F)F. The Kier molecular flexibility index (Phi) is 4.77. The van der Waals surface area contributed by atoms with Crippen molar-refractivity contribution in [2.24, 2.45) is 5.92 Å². The zero-order chi connectivity index (χ0) is 18.9. The van der Waals surface area contributed by atoms with E-state index in [1.54, 1.807) is 6.20 Å². The van der Waals surface area contributed by atoms with E-state index in [2.05, 4.69) is 9.71 Å². The Balaban J connectivity index is 1.76. The third-order valence-corrected chi connectivity index (χ3v) is 5.76. The summed E-state index contributed by atoms with van der Waals surface area (Å²) in [6, 6.07) is 3.79. The summed E-state index contributed by atoms with van der Waals surface area (Å²) < 4.78 is 68.1. The second-order valence-corrected chi connectivity index (χ2v) is 7.83. The number of imidazole rings is 1. The van der Waals surface area contributed by atoms with E-state index >= 15 is 0 Å². The highest BCUT2D eigenvalue weighted by atomic mass is 32.2. The minimum Gasteiger partial charge on any atom is -0.335 e. The molecule has 1 aliphatic heterocycles. The Hall–Kier alpha value is -2.38. The molecule has 1 atom stereocenters. The second kappa shape index (κ2) is 6.74. The lowest BCUT2D eigenvalue weighted by Crippen LogP contribution is -2.33. The van der Waals surface area contributed by atoms with Crippen molar-refractivity contribution in [3.05, 3.63) is 47.5 Å². The summed E-state index contributed by atoms with van der Waals surface area (Å²) in [4.78, 5) is 3.68. The number of fused-ring (bicyclic) bond motifs is 1. The maximum Gasteiger partial charge on any atom is 0.417 e. The van der Waals surface area contributed by atoms with Crippen molar-refractivity contribution in [1.82, 2.24) is 14.3 Å². The van der Waals surface area contributed by atoms with Gasteiger partial charge in [-0.15, -0.1) is 0 Å². The van der Waals surface area contributed by atoms with Gasteiger partial charge in [-0.25, -0.2) is 18.1 Å². The standard InChI is InChI=1S/C16H15F3N4O2S/c17-16(18,19)14-8-13(2-1-12(14)9-20)26(24,25)22-10-11-3-5-23-6-4-21-15(23)7-11/h1-2,4,6,8,11,22H,3,5,7,10H2. The van der Waals surface area contributed by atoms with Gasteiger partial charge in [-0.05, 0) is 30.5 Å². The molecule has 1 N–H and O–H groups in total. The Morgan fingerprint density at radius 3 is 2.85 bits per heavy atom. The average molecular weight is 384 g/mol. The summed E-state index contributed by atoms with van der Waals surface area (Å²) >= 11 is 0. The van der Waals surface area contributed by atoms with Gasteiger partial charge in [0.1, 0.15) is 5.82 Å². The molecule has 1 aromatic heterocycles. The van der Waals surface area contributed by atoms with Crippen LogP contribution in [0.4, 0.5) is 13.2 Å². The van der Waals surface area contributed by atoms with E-state index in [-0.39, 0.29) is 12.5 Å². The molecular formula is C16H15F3N4O2S. The van der Waals surface area contributed by atoms with Crippen LogP contribution < -0.4 is 4.72 Å². The monoisotopic (exact) mass is 384 g/mol. The van der Waals surface area contributed by atoms with E-state index in [1.165, 1.54) is 6.07 Å². The minimum atomic E-state index is -4.81. The maximum atomic E-state index is 13.0. The predicted molar refractivity (Wildman–Crippen MR) is 85.4 cm³/mol. The summed E-state index contributed by atoms with van der Waals surface area (Å²) in [5.74, 6) is 0.873. The van der Waals surface area contributed by atoms with Gasteiger partial charge in [0, 0.05) is 31.9 Å². The predicted octanol–water partition coefficient (Wildman–Crippen LogP) is 2.31. The summed E-state index contributed by atoms with van der Waals surface area (Å²) in [7, 11) is -4.12. The van der Waals surface area contributed by atoms with Crippen LogP contribution in [0.2, 0.25) is 0 Å². The first kappa shape index (κ1) is 18.4. The van der Waals surface area contributed by atoms with Gasteiger partial charge in [-0.3, -0.25) is 0 Å². The van der Waals surface area contributed by atoms with E-state index in [0.29, 0.717) is 12.5 Å². The third-order valence-electron chi connectivity index (χ3n) is 4.34. The van der Waals surface area contributed by atoms with Gasteiger partial charge < -0.3 is 4.57 Å². The smallest absolute Gasteiger partial charge is 0.335 e. The first-order valence-electron chi connectivity index (χ1n) is 7.82. The molecule has 0 radical (unpaired) electrons. The van der Waals surface area contributed by atoms with Gasteiger partial charge in [0.2, 0.25) is 10.0 Å². The molecule has 1 unspecified atom stereocenters. The van der Waals surface area contributed by atoms with E-state index < -0.39 is 32.2 Å². The molecule has 0 spiro atoms. The number of benzene rings is 1. The Labute approximate surface area is 148 Å². The molecule has 0 aliphatic carbocycles. The fourth-order valence-electron chi connectivity index (χ4n) is 2.92. The number of aromatic nitrogens is 2. The van der Waals surface area contributed by atoms with Crippen LogP contribution >= 0.6 is 0 Å². The molecule has 6 nitrogen and oxygen atoms in total. The number of rotatable bonds is 4. The van der Waals surface area contributed by atoms with Crippen molar-refractivity contribution < 1.29 is 21.6 Å². The average Bonchev–Trinajstić information content (AvgIpc) is 3.06. The topological polar surface area (TPSA) is 87.8 Å². The lowest BCUT2D eigenvalue weighted by molar-refractivity contribution is -0.137. The van der Waals surface area contributed by atoms with E-state index in [0.717, 1.165) is 30.9 Å². The third kappa shape index (κ3) is 3.73. The number of nitrogens with zero attached hydrogens (tertiary/aromatic N) is 3. The van der Waals surface area contributed by atoms with Gasteiger partial charge in [0.15, 0.2) is 0 Å². The van der Waals surface area contributed by atoms with Crippen LogP contribution in [0.3, 0.4) is 0 Å². The summed E-state index contributed by atoms with van der Waals surface area (Å²) in [6.07, 6.45) is 0.0588. The van der Waals surface area contributed by atoms with Gasteiger partial charge >= 0.3 is 6.18 Å². The van der Waals surface area contributed by atoms with Crippen LogP contribution in [0.1, 0.15) is 23.4 Å². The van der Waals surface area contributed by atoms with Crippen molar-refractivity contribution in [3.8, 4) is 6.07 Å². The summed E-state index contributed by atoms with van der Waals surface area (Å²) in [5.41, 5.74) is -1.88. The first-order chi connectivity index (χ1) is 12.2. The largest absolute Gasteiger partial charge is 0.417 e. The molecule has 1 aromatic carbocycles. The summed E-state index contributed by atoms with van der Waals surface area (Å²) in [5, 5.41) is 8.79. The lowest BCUT2D eigenvalue weighted by Gasteiger charge is -2.23. The Bertz CT molecular complexity index is 961. The fraction of sp³-hybridized carbons (Fsp3) is 0.375. The molecular weight excluding hydrogens is 369 g/mol. The van der Waals surface area contributed by atoms with Crippen LogP contribution in [-0.2, 0) is 29.2 Å². The molecule has 26 heavy (non-hydrogen) atoms. The molecule has 10 heteroatoms. The van der Waals surface area contributed by atoms with Crippen molar-refractivity contribution in [1.29, 1.82) is 5.26 Å². The van der Waals surface area contributed by atoms with Crippen LogP contribution in [0.5, 0.6) is 0 Å². The van der Waals surface area contributed by atoms with Gasteiger partial charge in [0.05, 0.1) is 22.1 Å². The van der Waals surface area contributed by atoms with E-state index in [4.69, 9.17) is 5.26 Å². The number of hydrogen-bond donors (Lipinski definition) is 1. The molecule has 138 valence electrons. The van der Waals surface area contributed by atoms with Crippen molar-refractivity contribution in [2.75, 3.05) is 6.54 Å². The number of alkyl halides is 3. The molecule has 2 heterocycles. The molecule has 0 amide bonds. The molecule has 0 bridgehead atoms. The van der Waals surface area contributed by atoms with Gasteiger partial charge in [-0.2, -0.15) is 18.4 Å². The molecule has 0 saturated carbocycles. The van der Waals surface area contributed by atoms with Crippen molar-refractivity contribution >= 4 is 10.0 Å². The number of nitriles is 1. The highest BCUT2D eigenvalue weighted by Gasteiger charge is 2.35. The first-order valence-corrected chi connectivity index (χ1v) is 9.30. The van der Waals surface area contributed by atoms with Gasteiger partial charge in [-0.1, -0.05) is 0 Å². The Morgan fingerprint density at radius 1 is 1.38 bits per heavy atom. The Morgan fingerprint density at radius 2 is 2.15 bits per heavy atom. The normalized spacial score (nSPS) is 17.5. The molecule has 3 rings (SSSR count). The number of sulfonamides is 1. The zero-order valence-electron chi connectivity index (χ0n) is 13.5. The highest BCUT2D eigenvalue weighted by Crippen LogP contribution is 2.33. The fourth-order valence-corrected chi connectivity index (χ4v) is 4.07. The van der Waals surface area contributed by atoms with E-state index in [1.807, 2.05) is 10.8 Å². The number of hydrogen-bond acceptors (Lipinski definition) is 4. The van der Waals surface area contributed by atoms with Crippen LogP contribution in [0.15, 0.2) is 35.5 Å². The number of nitrogens with one attached hydrogen (secondary N) is 1. The van der Waals surface area contributed by atoms with Crippen molar-refractivity contribution in [3.63, 3.8) is 0 Å². The van der Waals surface area contributed by atoms with Gasteiger partial charge in [0.25, 0.3) is 0 Å². The van der Waals surface area contributed by atoms with Crippen LogP contribution in [-0.4, -0.2) is 24.5 Å². The maximum absolute atomic E-state index is 13.0. The van der Waals surface area contributed by atoms with E-state index in [9.17, 15) is 21.6 Å². The van der Waals surface area contributed by atoms with Crippen molar-refractivity contribution in [2.45, 2.75) is 30.5 Å². The molecule has 1 aliphatic rings. The number of halogens is 3. The highest BCUT2D eigenvalue weighted by molar-refractivity contribution is 7.89. The quantitative estimate of drug-likeness (QED) is 0.876. The summed E-state index contributed by atoms with van der Waals surface area (Å²) in [6.45, 7) is 0.827. The van der Waals surface area contributed by atoms with Crippen LogP contribution in [0, 0.1) is 17.2 Å². The van der Waals surface area contributed by atoms with Crippen LogP contribution in [0.25, 0.3) is 0 Å². The molecule has 0 saturated heterocycles.